The van der Waals surface area contributed by atoms with Gasteiger partial charge in [0.15, 0.2) is 0 Å². The summed E-state index contributed by atoms with van der Waals surface area (Å²) in [6, 6.07) is 15.1. The fraction of sp³-hybridized carbons (Fsp3) is 0.238. The number of nitrogens with zero attached hydrogens (tertiary/aromatic N) is 1. The summed E-state index contributed by atoms with van der Waals surface area (Å²) in [5.41, 5.74) is 2.60. The number of amides is 2. The summed E-state index contributed by atoms with van der Waals surface area (Å²) in [5.74, 6) is -0.351. The van der Waals surface area contributed by atoms with Gasteiger partial charge in [-0.05, 0) is 37.1 Å². The second-order valence-corrected chi connectivity index (χ2v) is 6.27. The molecule has 1 aliphatic rings. The Bertz CT molecular complexity index is 860. The van der Waals surface area contributed by atoms with Crippen molar-refractivity contribution in [1.82, 2.24) is 10.2 Å². The summed E-state index contributed by atoms with van der Waals surface area (Å²) in [6.45, 7) is 4.09. The predicted octanol–water partition coefficient (Wildman–Crippen LogP) is 3.50. The van der Waals surface area contributed by atoms with Gasteiger partial charge in [-0.15, -0.1) is 0 Å². The SMILES string of the molecule is CCOC(=O)C1=C(C)N(Cc2ccccc2)C(=O)NC1c1ccc(O)cc1. The van der Waals surface area contributed by atoms with Crippen LogP contribution in [0, 0.1) is 0 Å². The van der Waals surface area contributed by atoms with Crippen molar-refractivity contribution in [3.05, 3.63) is 77.0 Å². The van der Waals surface area contributed by atoms with E-state index in [4.69, 9.17) is 4.74 Å². The largest absolute Gasteiger partial charge is 0.508 e. The van der Waals surface area contributed by atoms with Crippen LogP contribution < -0.4 is 5.32 Å². The molecular formula is C21H22N2O4. The van der Waals surface area contributed by atoms with Crippen molar-refractivity contribution in [3.8, 4) is 5.75 Å². The molecule has 0 spiro atoms. The van der Waals surface area contributed by atoms with E-state index in [0.717, 1.165) is 5.56 Å². The van der Waals surface area contributed by atoms with Gasteiger partial charge in [0.1, 0.15) is 5.75 Å². The minimum absolute atomic E-state index is 0.116. The van der Waals surface area contributed by atoms with Crippen molar-refractivity contribution in [2.24, 2.45) is 0 Å². The van der Waals surface area contributed by atoms with E-state index in [1.807, 2.05) is 30.3 Å². The number of aromatic hydroxyl groups is 1. The molecule has 6 heteroatoms. The Morgan fingerprint density at radius 3 is 2.44 bits per heavy atom. The molecule has 2 aromatic carbocycles. The molecule has 1 atom stereocenters. The molecule has 2 N–H and O–H groups in total. The zero-order valence-corrected chi connectivity index (χ0v) is 15.3. The van der Waals surface area contributed by atoms with E-state index in [-0.39, 0.29) is 18.4 Å². The first-order chi connectivity index (χ1) is 13.0. The normalized spacial score (nSPS) is 16.9. The van der Waals surface area contributed by atoms with Gasteiger partial charge < -0.3 is 15.2 Å². The molecule has 27 heavy (non-hydrogen) atoms. The Morgan fingerprint density at radius 1 is 1.15 bits per heavy atom. The van der Waals surface area contributed by atoms with Crippen molar-refractivity contribution in [1.29, 1.82) is 0 Å². The van der Waals surface area contributed by atoms with Crippen LogP contribution in [0.1, 0.15) is 31.0 Å². The zero-order chi connectivity index (χ0) is 19.4. The summed E-state index contributed by atoms with van der Waals surface area (Å²) in [4.78, 5) is 27.0. The van der Waals surface area contributed by atoms with E-state index < -0.39 is 12.0 Å². The molecule has 2 aromatic rings. The molecule has 140 valence electrons. The quantitative estimate of drug-likeness (QED) is 0.794. The summed E-state index contributed by atoms with van der Waals surface area (Å²) < 4.78 is 5.24. The Labute approximate surface area is 158 Å². The topological polar surface area (TPSA) is 78.9 Å². The van der Waals surface area contributed by atoms with Gasteiger partial charge in [0.05, 0.1) is 24.8 Å². The van der Waals surface area contributed by atoms with Crippen LogP contribution in [0.3, 0.4) is 0 Å². The van der Waals surface area contributed by atoms with Crippen LogP contribution in [0.25, 0.3) is 0 Å². The van der Waals surface area contributed by atoms with Gasteiger partial charge in [-0.3, -0.25) is 4.90 Å². The summed E-state index contributed by atoms with van der Waals surface area (Å²) in [7, 11) is 0. The zero-order valence-electron chi connectivity index (χ0n) is 15.3. The minimum Gasteiger partial charge on any atom is -0.508 e. The number of phenols is 1. The van der Waals surface area contributed by atoms with Crippen molar-refractivity contribution in [3.63, 3.8) is 0 Å². The number of carbonyl (C=O) groups excluding carboxylic acids is 2. The number of phenolic OH excluding ortho intramolecular Hbond substituents is 1. The number of ether oxygens (including phenoxy) is 1. The first-order valence-corrected chi connectivity index (χ1v) is 8.80. The molecule has 0 saturated carbocycles. The number of nitrogens with one attached hydrogen (secondary N) is 1. The van der Waals surface area contributed by atoms with Gasteiger partial charge in [-0.2, -0.15) is 0 Å². The lowest BCUT2D eigenvalue weighted by Gasteiger charge is -2.35. The highest BCUT2D eigenvalue weighted by atomic mass is 16.5. The van der Waals surface area contributed by atoms with E-state index in [9.17, 15) is 14.7 Å². The third-order valence-corrected chi connectivity index (χ3v) is 4.50. The first kappa shape index (κ1) is 18.5. The molecule has 0 saturated heterocycles. The number of benzene rings is 2. The maximum absolute atomic E-state index is 12.8. The fourth-order valence-corrected chi connectivity index (χ4v) is 3.13. The third-order valence-electron chi connectivity index (χ3n) is 4.50. The van der Waals surface area contributed by atoms with Crippen molar-refractivity contribution >= 4 is 12.0 Å². The molecule has 2 amide bonds. The lowest BCUT2D eigenvalue weighted by molar-refractivity contribution is -0.139. The number of hydrogen-bond donors (Lipinski definition) is 2. The maximum Gasteiger partial charge on any atom is 0.338 e. The van der Waals surface area contributed by atoms with Crippen molar-refractivity contribution in [2.45, 2.75) is 26.4 Å². The van der Waals surface area contributed by atoms with Crippen LogP contribution in [0.4, 0.5) is 4.79 Å². The van der Waals surface area contributed by atoms with Gasteiger partial charge in [-0.1, -0.05) is 42.5 Å². The Morgan fingerprint density at radius 2 is 1.81 bits per heavy atom. The Hall–Kier alpha value is -3.28. The van der Waals surface area contributed by atoms with Crippen LogP contribution in [-0.2, 0) is 16.1 Å². The fourth-order valence-electron chi connectivity index (χ4n) is 3.13. The van der Waals surface area contributed by atoms with Gasteiger partial charge in [0.2, 0.25) is 0 Å². The minimum atomic E-state index is -0.635. The highest BCUT2D eigenvalue weighted by molar-refractivity contribution is 5.95. The lowest BCUT2D eigenvalue weighted by Crippen LogP contribution is -2.47. The van der Waals surface area contributed by atoms with E-state index in [1.165, 1.54) is 12.1 Å². The maximum atomic E-state index is 12.8. The van der Waals surface area contributed by atoms with Gasteiger partial charge in [0.25, 0.3) is 0 Å². The van der Waals surface area contributed by atoms with E-state index in [1.54, 1.807) is 30.9 Å². The van der Waals surface area contributed by atoms with Gasteiger partial charge in [-0.25, -0.2) is 9.59 Å². The van der Waals surface area contributed by atoms with Crippen molar-refractivity contribution in [2.75, 3.05) is 6.61 Å². The Balaban J connectivity index is 2.02. The number of allylic oxidation sites excluding steroid dienone is 1. The number of rotatable bonds is 5. The smallest absolute Gasteiger partial charge is 0.338 e. The van der Waals surface area contributed by atoms with E-state index in [0.29, 0.717) is 23.4 Å². The van der Waals surface area contributed by atoms with Crippen LogP contribution in [0.15, 0.2) is 65.9 Å². The van der Waals surface area contributed by atoms with Crippen LogP contribution >= 0.6 is 0 Å². The second kappa shape index (κ2) is 7.95. The second-order valence-electron chi connectivity index (χ2n) is 6.27. The van der Waals surface area contributed by atoms with Crippen molar-refractivity contribution < 1.29 is 19.4 Å². The predicted molar refractivity (Wildman–Crippen MR) is 101 cm³/mol. The molecule has 0 aromatic heterocycles. The molecule has 1 heterocycles. The monoisotopic (exact) mass is 366 g/mol. The average molecular weight is 366 g/mol. The number of hydrogen-bond acceptors (Lipinski definition) is 4. The molecule has 6 nitrogen and oxygen atoms in total. The highest BCUT2D eigenvalue weighted by Gasteiger charge is 2.36. The standard InChI is InChI=1S/C21H22N2O4/c1-3-27-20(25)18-14(2)23(13-15-7-5-4-6-8-15)21(26)22-19(18)16-9-11-17(24)12-10-16/h4-12,19,24H,3,13H2,1-2H3,(H,22,26). The Kier molecular flexibility index (Phi) is 5.45. The number of carbonyl (C=O) groups is 2. The first-order valence-electron chi connectivity index (χ1n) is 8.80. The van der Waals surface area contributed by atoms with Gasteiger partial charge >= 0.3 is 12.0 Å². The lowest BCUT2D eigenvalue weighted by atomic mass is 9.94. The van der Waals surface area contributed by atoms with E-state index >= 15 is 0 Å². The van der Waals surface area contributed by atoms with E-state index in [2.05, 4.69) is 5.32 Å². The molecule has 0 fully saturated rings. The van der Waals surface area contributed by atoms with Gasteiger partial charge in [0, 0.05) is 5.70 Å². The molecular weight excluding hydrogens is 344 g/mol. The van der Waals surface area contributed by atoms with Crippen LogP contribution in [0.5, 0.6) is 5.75 Å². The molecule has 0 radical (unpaired) electrons. The summed E-state index contributed by atoms with van der Waals surface area (Å²) in [5, 5.41) is 12.4. The third kappa shape index (κ3) is 3.95. The molecule has 1 unspecified atom stereocenters. The number of urea groups is 1. The molecule has 1 aliphatic heterocycles. The van der Waals surface area contributed by atoms with Crippen LogP contribution in [-0.4, -0.2) is 28.6 Å². The van der Waals surface area contributed by atoms with Crippen LogP contribution in [0.2, 0.25) is 0 Å². The molecule has 3 rings (SSSR count). The highest BCUT2D eigenvalue weighted by Crippen LogP contribution is 2.32. The molecule has 0 bridgehead atoms. The molecule has 0 aliphatic carbocycles. The number of esters is 1. The average Bonchev–Trinajstić information content (AvgIpc) is 2.66. The summed E-state index contributed by atoms with van der Waals surface area (Å²) >= 11 is 0. The summed E-state index contributed by atoms with van der Waals surface area (Å²) in [6.07, 6.45) is 0.